The van der Waals surface area contributed by atoms with Crippen LogP contribution in [0.25, 0.3) is 0 Å². The lowest BCUT2D eigenvalue weighted by Gasteiger charge is -2.13. The summed E-state index contributed by atoms with van der Waals surface area (Å²) in [5.41, 5.74) is 0. The molecule has 6 heteroatoms. The Balaban J connectivity index is 2.96. The molecule has 0 aromatic carbocycles. The van der Waals surface area contributed by atoms with Crippen LogP contribution in [0.1, 0.15) is 6.42 Å². The summed E-state index contributed by atoms with van der Waals surface area (Å²) in [7, 11) is -3.97. The highest BCUT2D eigenvalue weighted by atomic mass is 79.9. The second kappa shape index (κ2) is 3.61. The molecule has 1 atom stereocenters. The van der Waals surface area contributed by atoms with Crippen LogP contribution in [-0.2, 0) is 10.1 Å². The summed E-state index contributed by atoms with van der Waals surface area (Å²) < 4.78 is 31.6. The van der Waals surface area contributed by atoms with Gasteiger partial charge in [-0.25, -0.2) is 0 Å². The number of rotatable bonds is 1. The van der Waals surface area contributed by atoms with Crippen LogP contribution in [0.5, 0.6) is 0 Å². The van der Waals surface area contributed by atoms with Gasteiger partial charge in [-0.15, -0.1) is 0 Å². The molecule has 0 radical (unpaired) electrons. The Morgan fingerprint density at radius 3 is 2.50 bits per heavy atom. The minimum Gasteiger partial charge on any atom is -0.285 e. The van der Waals surface area contributed by atoms with E-state index in [-0.39, 0.29) is 6.42 Å². The fourth-order valence-corrected chi connectivity index (χ4v) is 3.47. The third-order valence-corrected chi connectivity index (χ3v) is 3.53. The van der Waals surface area contributed by atoms with Crippen LogP contribution in [0.2, 0.25) is 0 Å². The lowest BCUT2D eigenvalue weighted by Crippen LogP contribution is -2.19. The van der Waals surface area contributed by atoms with Gasteiger partial charge in [0.25, 0.3) is 10.1 Å². The smallest absolute Gasteiger partial charge is 0.271 e. The lowest BCUT2D eigenvalue weighted by molar-refractivity contribution is 0.474. The molecule has 0 heterocycles. The summed E-state index contributed by atoms with van der Waals surface area (Å²) in [6.45, 7) is 0. The van der Waals surface area contributed by atoms with E-state index >= 15 is 0 Å². The van der Waals surface area contributed by atoms with Gasteiger partial charge in [-0.3, -0.25) is 4.55 Å². The fraction of sp³-hybridized carbons (Fsp3) is 0.333. The maximum atomic E-state index is 10.7. The van der Waals surface area contributed by atoms with Crippen molar-refractivity contribution in [3.63, 3.8) is 0 Å². The molecule has 0 bridgehead atoms. The molecule has 68 valence electrons. The topological polar surface area (TPSA) is 54.4 Å². The molecule has 3 nitrogen and oxygen atoms in total. The molecule has 0 amide bonds. The molecule has 1 aliphatic rings. The van der Waals surface area contributed by atoms with Crippen molar-refractivity contribution in [2.45, 2.75) is 11.7 Å². The first-order valence-corrected chi connectivity index (χ1v) is 6.18. The number of halogens is 2. The van der Waals surface area contributed by atoms with Gasteiger partial charge < -0.3 is 0 Å². The summed E-state index contributed by atoms with van der Waals surface area (Å²) >= 11 is 6.32. The van der Waals surface area contributed by atoms with Crippen LogP contribution in [0.4, 0.5) is 0 Å². The highest BCUT2D eigenvalue weighted by Gasteiger charge is 2.24. The molecule has 0 fully saturated rings. The number of hydrogen-bond donors (Lipinski definition) is 1. The zero-order valence-corrected chi connectivity index (χ0v) is 9.86. The van der Waals surface area contributed by atoms with Gasteiger partial charge in [-0.1, -0.05) is 31.9 Å². The van der Waals surface area contributed by atoms with E-state index in [1.54, 1.807) is 6.08 Å². The molecular weight excluding hydrogens is 312 g/mol. The third kappa shape index (κ3) is 2.69. The van der Waals surface area contributed by atoms with Crippen molar-refractivity contribution < 1.29 is 13.0 Å². The Bertz CT molecular complexity index is 342. The Labute approximate surface area is 87.5 Å². The van der Waals surface area contributed by atoms with Gasteiger partial charge in [0.2, 0.25) is 0 Å². The summed E-state index contributed by atoms with van der Waals surface area (Å²) in [4.78, 5) is 0. The van der Waals surface area contributed by atoms with E-state index in [0.29, 0.717) is 4.48 Å². The first-order valence-electron chi connectivity index (χ1n) is 3.09. The predicted molar refractivity (Wildman–Crippen MR) is 54.0 cm³/mol. The molecule has 0 saturated heterocycles. The average Bonchev–Trinajstić information content (AvgIpc) is 1.82. The number of allylic oxidation sites excluding steroid dienone is 3. The second-order valence-corrected chi connectivity index (χ2v) is 5.97. The molecule has 1 aliphatic carbocycles. The molecule has 0 aromatic heterocycles. The van der Waals surface area contributed by atoms with E-state index in [2.05, 4.69) is 31.9 Å². The third-order valence-electron chi connectivity index (χ3n) is 1.42. The Morgan fingerprint density at radius 1 is 1.50 bits per heavy atom. The van der Waals surface area contributed by atoms with E-state index < -0.39 is 15.4 Å². The molecule has 12 heavy (non-hydrogen) atoms. The average molecular weight is 318 g/mol. The van der Waals surface area contributed by atoms with Crippen molar-refractivity contribution in [3.05, 3.63) is 21.1 Å². The van der Waals surface area contributed by atoms with Crippen molar-refractivity contribution in [3.8, 4) is 0 Å². The molecule has 0 aromatic rings. The second-order valence-electron chi connectivity index (χ2n) is 2.40. The van der Waals surface area contributed by atoms with Crippen LogP contribution in [-0.4, -0.2) is 18.2 Å². The van der Waals surface area contributed by atoms with E-state index in [1.807, 2.05) is 0 Å². The molecule has 1 N–H and O–H groups in total. The summed E-state index contributed by atoms with van der Waals surface area (Å²) in [6.07, 6.45) is 3.50. The summed E-state index contributed by atoms with van der Waals surface area (Å²) in [5, 5.41) is -0.841. The van der Waals surface area contributed by atoms with Gasteiger partial charge in [0.1, 0.15) is 5.25 Å². The van der Waals surface area contributed by atoms with Gasteiger partial charge in [0.15, 0.2) is 0 Å². The normalized spacial score (nSPS) is 24.8. The van der Waals surface area contributed by atoms with Crippen LogP contribution in [0.3, 0.4) is 0 Å². The van der Waals surface area contributed by atoms with Crippen LogP contribution in [0.15, 0.2) is 21.1 Å². The van der Waals surface area contributed by atoms with E-state index in [0.717, 1.165) is 4.48 Å². The minimum atomic E-state index is -3.97. The van der Waals surface area contributed by atoms with Gasteiger partial charge in [-0.05, 0) is 16.6 Å². The Kier molecular flexibility index (Phi) is 3.14. The Morgan fingerprint density at radius 2 is 2.08 bits per heavy atom. The summed E-state index contributed by atoms with van der Waals surface area (Å²) in [6, 6.07) is 0. The van der Waals surface area contributed by atoms with Crippen molar-refractivity contribution >= 4 is 42.0 Å². The highest BCUT2D eigenvalue weighted by Crippen LogP contribution is 2.28. The maximum absolute atomic E-state index is 10.7. The zero-order valence-electron chi connectivity index (χ0n) is 5.87. The molecule has 0 spiro atoms. The minimum absolute atomic E-state index is 0.286. The van der Waals surface area contributed by atoms with E-state index in [1.165, 1.54) is 6.08 Å². The SMILES string of the molecule is O=S(=O)(O)C1C=C(Br)C=C(Br)C1. The van der Waals surface area contributed by atoms with Crippen molar-refractivity contribution in [1.29, 1.82) is 0 Å². The molecule has 1 unspecified atom stereocenters. The monoisotopic (exact) mass is 316 g/mol. The van der Waals surface area contributed by atoms with Gasteiger partial charge >= 0.3 is 0 Å². The zero-order chi connectivity index (χ0) is 9.35. The van der Waals surface area contributed by atoms with Gasteiger partial charge in [0.05, 0.1) is 0 Å². The van der Waals surface area contributed by atoms with Crippen LogP contribution >= 0.6 is 31.9 Å². The van der Waals surface area contributed by atoms with Crippen molar-refractivity contribution in [2.24, 2.45) is 0 Å². The molecular formula is C6H6Br2O3S. The molecule has 1 rings (SSSR count). The first kappa shape index (κ1) is 10.4. The first-order chi connectivity index (χ1) is 5.39. The van der Waals surface area contributed by atoms with Crippen LogP contribution in [0, 0.1) is 0 Å². The summed E-state index contributed by atoms with van der Waals surface area (Å²) in [5.74, 6) is 0. The van der Waals surface area contributed by atoms with Gasteiger partial charge in [-0.2, -0.15) is 8.42 Å². The maximum Gasteiger partial charge on any atom is 0.271 e. The Hall–Kier alpha value is 0.350. The molecule has 0 saturated carbocycles. The highest BCUT2D eigenvalue weighted by molar-refractivity contribution is 9.12. The standard InChI is InChI=1S/C6H6Br2O3S/c7-4-1-5(8)3-6(2-4)12(9,10)11/h1-2,6H,3H2,(H,9,10,11). The number of hydrogen-bond acceptors (Lipinski definition) is 2. The molecule has 0 aliphatic heterocycles. The fourth-order valence-electron chi connectivity index (χ4n) is 0.877. The van der Waals surface area contributed by atoms with Crippen LogP contribution < -0.4 is 0 Å². The van der Waals surface area contributed by atoms with Gasteiger partial charge in [0, 0.05) is 10.9 Å². The van der Waals surface area contributed by atoms with Crippen molar-refractivity contribution in [1.82, 2.24) is 0 Å². The van der Waals surface area contributed by atoms with E-state index in [4.69, 9.17) is 4.55 Å². The largest absolute Gasteiger partial charge is 0.285 e. The predicted octanol–water partition coefficient (Wildman–Crippen LogP) is 2.20. The van der Waals surface area contributed by atoms with E-state index in [9.17, 15) is 8.42 Å². The quantitative estimate of drug-likeness (QED) is 0.754. The van der Waals surface area contributed by atoms with Crippen molar-refractivity contribution in [2.75, 3.05) is 0 Å². The lowest BCUT2D eigenvalue weighted by atomic mass is 10.2.